The average Bonchev–Trinajstić information content (AvgIpc) is 3.26. The summed E-state index contributed by atoms with van der Waals surface area (Å²) in [5.74, 6) is 2.81. The fourth-order valence-electron chi connectivity index (χ4n) is 4.30. The molecular formula is C24H23N4+. The molecule has 0 spiro atoms. The number of benzene rings is 2. The van der Waals surface area contributed by atoms with Crippen molar-refractivity contribution in [2.24, 2.45) is 22.4 Å². The number of hydrazone groups is 1. The Morgan fingerprint density at radius 1 is 0.964 bits per heavy atom. The zero-order chi connectivity index (χ0) is 20.1. The average molecular weight is 367 g/mol. The third-order valence-corrected chi connectivity index (χ3v) is 5.98. The first-order valence-electron chi connectivity index (χ1n) is 9.48. The summed E-state index contributed by atoms with van der Waals surface area (Å²) in [7, 11) is 0. The summed E-state index contributed by atoms with van der Waals surface area (Å²) >= 11 is 0. The molecule has 1 fully saturated rings. The summed E-state index contributed by atoms with van der Waals surface area (Å²) in [6.45, 7) is 8.63. The Kier molecular flexibility index (Phi) is 4.14. The van der Waals surface area contributed by atoms with E-state index in [-0.39, 0.29) is 22.9 Å². The van der Waals surface area contributed by atoms with Crippen molar-refractivity contribution in [1.29, 1.82) is 10.7 Å². The highest BCUT2D eigenvalue weighted by atomic mass is 15.4. The van der Waals surface area contributed by atoms with Crippen LogP contribution in [0, 0.1) is 47.8 Å². The van der Waals surface area contributed by atoms with E-state index >= 15 is 0 Å². The van der Waals surface area contributed by atoms with Crippen molar-refractivity contribution in [2.45, 2.75) is 27.7 Å². The Morgan fingerprint density at radius 3 is 2.00 bits per heavy atom. The minimum Gasteiger partial charge on any atom is -0.252 e. The van der Waals surface area contributed by atoms with Crippen LogP contribution in [0.5, 0.6) is 0 Å². The number of nitriles is 1. The van der Waals surface area contributed by atoms with Crippen LogP contribution in [-0.4, -0.2) is 22.0 Å². The number of fused-ring (bicyclic) bond motifs is 1. The van der Waals surface area contributed by atoms with Gasteiger partial charge >= 0.3 is 5.70 Å². The van der Waals surface area contributed by atoms with Crippen LogP contribution in [0.25, 0.3) is 0 Å². The van der Waals surface area contributed by atoms with Gasteiger partial charge in [-0.05, 0) is 36.1 Å². The predicted molar refractivity (Wildman–Crippen MR) is 111 cm³/mol. The van der Waals surface area contributed by atoms with Crippen molar-refractivity contribution < 1.29 is 4.68 Å². The summed E-state index contributed by atoms with van der Waals surface area (Å²) < 4.78 is 1.64. The highest BCUT2D eigenvalue weighted by Crippen LogP contribution is 2.62. The van der Waals surface area contributed by atoms with E-state index in [9.17, 15) is 5.26 Å². The van der Waals surface area contributed by atoms with E-state index in [2.05, 4.69) is 88.2 Å². The molecule has 2 aromatic carbocycles. The number of allylic oxidation sites excluding steroid dienone is 1. The molecule has 2 aromatic rings. The number of rotatable bonds is 3. The van der Waals surface area contributed by atoms with Crippen LogP contribution >= 0.6 is 0 Å². The molecule has 138 valence electrons. The second kappa shape index (κ2) is 6.41. The Balaban J connectivity index is 1.98. The molecule has 4 nitrogen and oxygen atoms in total. The minimum atomic E-state index is 0.0290. The van der Waals surface area contributed by atoms with E-state index in [1.807, 2.05) is 0 Å². The molecule has 1 aliphatic carbocycles. The van der Waals surface area contributed by atoms with E-state index in [0.717, 1.165) is 22.6 Å². The topological polar surface area (TPSA) is 63.0 Å². The molecule has 2 atom stereocenters. The Morgan fingerprint density at radius 2 is 1.50 bits per heavy atom. The number of hydrogen-bond donors (Lipinski definition) is 1. The smallest absolute Gasteiger partial charge is 0.252 e. The van der Waals surface area contributed by atoms with E-state index < -0.39 is 0 Å². The molecule has 0 radical (unpaired) electrons. The van der Waals surface area contributed by atoms with E-state index in [4.69, 9.17) is 10.5 Å². The molecule has 0 bridgehead atoms. The van der Waals surface area contributed by atoms with Gasteiger partial charge in [0, 0.05) is 22.1 Å². The maximum atomic E-state index is 9.62. The molecule has 1 aliphatic heterocycles. The second-order valence-electron chi connectivity index (χ2n) is 8.28. The molecule has 4 heteroatoms. The van der Waals surface area contributed by atoms with Gasteiger partial charge in [-0.1, -0.05) is 61.4 Å². The van der Waals surface area contributed by atoms with Crippen molar-refractivity contribution in [3.05, 3.63) is 76.5 Å². The van der Waals surface area contributed by atoms with Crippen LogP contribution in [0.2, 0.25) is 0 Å². The number of hydrogen-bond acceptors (Lipinski definition) is 3. The lowest BCUT2D eigenvalue weighted by Gasteiger charge is -2.11. The van der Waals surface area contributed by atoms with Gasteiger partial charge in [0.25, 0.3) is 0 Å². The Hall–Kier alpha value is -3.28. The van der Waals surface area contributed by atoms with Gasteiger partial charge in [0.05, 0.1) is 11.8 Å². The summed E-state index contributed by atoms with van der Waals surface area (Å²) in [6, 6.07) is 18.8. The largest absolute Gasteiger partial charge is 0.376 e. The SMILES string of the molecule is Cc1ccc(C2=N[N+](C(=C=N)C#N)=C(c3ccc(C)cc3)[C@H]3[C@@H]2C3(C)C)cc1. The van der Waals surface area contributed by atoms with Crippen molar-refractivity contribution >= 4 is 17.3 Å². The monoisotopic (exact) mass is 367 g/mol. The van der Waals surface area contributed by atoms with Gasteiger partial charge in [-0.25, -0.2) is 0 Å². The van der Waals surface area contributed by atoms with E-state index in [1.54, 1.807) is 4.68 Å². The van der Waals surface area contributed by atoms with E-state index in [1.165, 1.54) is 11.1 Å². The van der Waals surface area contributed by atoms with Crippen LogP contribution in [0.3, 0.4) is 0 Å². The van der Waals surface area contributed by atoms with Crippen molar-refractivity contribution in [3.8, 4) is 6.07 Å². The third-order valence-electron chi connectivity index (χ3n) is 5.98. The lowest BCUT2D eigenvalue weighted by molar-refractivity contribution is -0.476. The molecule has 0 unspecified atom stereocenters. The van der Waals surface area contributed by atoms with Crippen LogP contribution < -0.4 is 0 Å². The summed E-state index contributed by atoms with van der Waals surface area (Å²) in [4.78, 5) is 0. The van der Waals surface area contributed by atoms with Crippen molar-refractivity contribution in [1.82, 2.24) is 0 Å². The summed E-state index contributed by atoms with van der Waals surface area (Å²) in [6.07, 6.45) is 0. The standard InChI is InChI=1S/C24H23N4/c1-15-5-9-17(10-6-15)22-20-21(24(20,3)4)23(18-11-7-16(2)8-12-18)28(27-22)19(13-25)14-26/h5-12,20-21,25H,1-4H3/q+1/t20-,21+/m0/s1. The van der Waals surface area contributed by atoms with Gasteiger partial charge in [0.15, 0.2) is 6.07 Å². The van der Waals surface area contributed by atoms with Crippen LogP contribution in [-0.2, 0) is 0 Å². The normalized spacial score (nSPS) is 21.9. The third kappa shape index (κ3) is 2.72. The van der Waals surface area contributed by atoms with E-state index in [0.29, 0.717) is 0 Å². The fraction of sp³-hybridized carbons (Fsp3) is 0.292. The van der Waals surface area contributed by atoms with Gasteiger partial charge < -0.3 is 0 Å². The van der Waals surface area contributed by atoms with Gasteiger partial charge in [0.2, 0.25) is 5.71 Å². The summed E-state index contributed by atoms with van der Waals surface area (Å²) in [5.41, 5.74) is 6.61. The maximum absolute atomic E-state index is 9.62. The maximum Gasteiger partial charge on any atom is 0.376 e. The molecule has 0 saturated heterocycles. The first kappa shape index (κ1) is 18.1. The Bertz CT molecular complexity index is 1100. The molecule has 28 heavy (non-hydrogen) atoms. The lowest BCUT2D eigenvalue weighted by Crippen LogP contribution is -2.28. The highest BCUT2D eigenvalue weighted by molar-refractivity contribution is 6.13. The molecule has 1 saturated carbocycles. The quantitative estimate of drug-likeness (QED) is 0.486. The lowest BCUT2D eigenvalue weighted by atomic mass is 9.97. The number of aryl methyl sites for hydroxylation is 2. The van der Waals surface area contributed by atoms with Gasteiger partial charge in [-0.15, -0.1) is 0 Å². The first-order chi connectivity index (χ1) is 13.4. The van der Waals surface area contributed by atoms with Gasteiger partial charge in [-0.3, -0.25) is 5.41 Å². The molecular weight excluding hydrogens is 344 g/mol. The first-order valence-corrected chi connectivity index (χ1v) is 9.48. The number of nitrogens with zero attached hydrogens (tertiary/aromatic N) is 3. The van der Waals surface area contributed by atoms with Gasteiger partial charge in [0.1, 0.15) is 5.71 Å². The van der Waals surface area contributed by atoms with Gasteiger partial charge in [-0.2, -0.15) is 5.26 Å². The molecule has 4 rings (SSSR count). The summed E-state index contributed by atoms with van der Waals surface area (Å²) in [5, 5.41) is 22.1. The van der Waals surface area contributed by atoms with Crippen LogP contribution in [0.1, 0.15) is 36.1 Å². The predicted octanol–water partition coefficient (Wildman–Crippen LogP) is 4.45. The van der Waals surface area contributed by atoms with Crippen LogP contribution in [0.4, 0.5) is 0 Å². The molecule has 0 amide bonds. The molecule has 2 aliphatic rings. The van der Waals surface area contributed by atoms with Crippen molar-refractivity contribution in [3.63, 3.8) is 0 Å². The van der Waals surface area contributed by atoms with Crippen LogP contribution in [0.15, 0.2) is 59.3 Å². The second-order valence-corrected chi connectivity index (χ2v) is 8.28. The zero-order valence-corrected chi connectivity index (χ0v) is 16.6. The zero-order valence-electron chi connectivity index (χ0n) is 16.6. The number of nitrogens with one attached hydrogen (secondary N) is 1. The molecule has 0 aromatic heterocycles. The minimum absolute atomic E-state index is 0.0290. The van der Waals surface area contributed by atoms with Crippen molar-refractivity contribution in [2.75, 3.05) is 0 Å². The molecule has 1 N–H and O–H groups in total. The highest BCUT2D eigenvalue weighted by Gasteiger charge is 2.68. The fourth-order valence-corrected chi connectivity index (χ4v) is 4.30. The Labute approximate surface area is 165 Å². The molecule has 1 heterocycles.